The zero-order chi connectivity index (χ0) is 14.5. The van der Waals surface area contributed by atoms with E-state index in [1.165, 1.54) is 10.4 Å². The number of carbonyl (C=O) groups is 1. The molecular weight excluding hydrogens is 268 g/mol. The minimum absolute atomic E-state index is 0.00315. The van der Waals surface area contributed by atoms with E-state index in [1.807, 2.05) is 11.4 Å². The van der Waals surface area contributed by atoms with Gasteiger partial charge in [0.25, 0.3) is 0 Å². The van der Waals surface area contributed by atoms with Gasteiger partial charge in [0, 0.05) is 4.88 Å². The first-order valence-electron chi connectivity index (χ1n) is 6.79. The molecule has 2 rings (SSSR count). The smallest absolute Gasteiger partial charge is 0.234 e. The number of primary amides is 1. The third-order valence-corrected chi connectivity index (χ3v) is 4.33. The van der Waals surface area contributed by atoms with Crippen LogP contribution in [0.3, 0.4) is 0 Å². The molecule has 1 heterocycles. The normalized spacial score (nSPS) is 13.9. The molecule has 4 heteroatoms. The standard InChI is InChI=1S/C16H20N2OS/c1-3-12-6-8-13(9-7-12)15(14-5-4-10-20-14)18-11(2)16(17)19/h4-11,15,18H,3H2,1-2H3,(H2,17,19)/t11-,15-/m1/s1. The summed E-state index contributed by atoms with van der Waals surface area (Å²) in [6.45, 7) is 3.93. The largest absolute Gasteiger partial charge is 0.368 e. The van der Waals surface area contributed by atoms with Crippen molar-refractivity contribution >= 4 is 17.2 Å². The van der Waals surface area contributed by atoms with E-state index in [-0.39, 0.29) is 18.0 Å². The number of hydrogen-bond acceptors (Lipinski definition) is 3. The maximum atomic E-state index is 11.3. The topological polar surface area (TPSA) is 55.1 Å². The fraction of sp³-hybridized carbons (Fsp3) is 0.312. The van der Waals surface area contributed by atoms with Crippen molar-refractivity contribution in [2.24, 2.45) is 5.73 Å². The zero-order valence-electron chi connectivity index (χ0n) is 11.8. The van der Waals surface area contributed by atoms with Gasteiger partial charge in [0.05, 0.1) is 12.1 Å². The lowest BCUT2D eigenvalue weighted by Crippen LogP contribution is -2.40. The van der Waals surface area contributed by atoms with Gasteiger partial charge in [-0.2, -0.15) is 0 Å². The van der Waals surface area contributed by atoms with Gasteiger partial charge in [-0.1, -0.05) is 37.3 Å². The van der Waals surface area contributed by atoms with Gasteiger partial charge < -0.3 is 5.73 Å². The number of aryl methyl sites for hydroxylation is 1. The Labute approximate surface area is 123 Å². The third-order valence-electron chi connectivity index (χ3n) is 3.39. The van der Waals surface area contributed by atoms with Crippen LogP contribution in [0, 0.1) is 0 Å². The molecule has 0 aliphatic heterocycles. The summed E-state index contributed by atoms with van der Waals surface area (Å²) in [5, 5.41) is 5.35. The van der Waals surface area contributed by atoms with Gasteiger partial charge in [-0.3, -0.25) is 10.1 Å². The van der Waals surface area contributed by atoms with Gasteiger partial charge in [0.15, 0.2) is 0 Å². The van der Waals surface area contributed by atoms with E-state index in [9.17, 15) is 4.79 Å². The molecule has 2 aromatic rings. The molecule has 3 nitrogen and oxygen atoms in total. The van der Waals surface area contributed by atoms with Crippen molar-refractivity contribution in [3.8, 4) is 0 Å². The van der Waals surface area contributed by atoms with Crippen LogP contribution in [0.1, 0.15) is 35.9 Å². The minimum Gasteiger partial charge on any atom is -0.368 e. The van der Waals surface area contributed by atoms with E-state index in [0.717, 1.165) is 12.0 Å². The third kappa shape index (κ3) is 3.46. The summed E-state index contributed by atoms with van der Waals surface area (Å²) in [6.07, 6.45) is 1.02. The van der Waals surface area contributed by atoms with Crippen molar-refractivity contribution in [3.63, 3.8) is 0 Å². The van der Waals surface area contributed by atoms with Crippen molar-refractivity contribution in [1.29, 1.82) is 0 Å². The molecule has 0 unspecified atom stereocenters. The fourth-order valence-corrected chi connectivity index (χ4v) is 2.89. The lowest BCUT2D eigenvalue weighted by Gasteiger charge is -2.21. The first-order valence-corrected chi connectivity index (χ1v) is 7.67. The Balaban J connectivity index is 2.28. The Morgan fingerprint density at radius 1 is 1.30 bits per heavy atom. The molecule has 0 aliphatic carbocycles. The van der Waals surface area contributed by atoms with Crippen LogP contribution in [-0.4, -0.2) is 11.9 Å². The molecule has 0 aliphatic rings. The molecule has 0 spiro atoms. The van der Waals surface area contributed by atoms with Gasteiger partial charge in [0.1, 0.15) is 0 Å². The second-order valence-electron chi connectivity index (χ2n) is 4.83. The molecule has 0 fully saturated rings. The molecule has 0 radical (unpaired) electrons. The average Bonchev–Trinajstić information content (AvgIpc) is 2.98. The fourth-order valence-electron chi connectivity index (χ4n) is 2.08. The highest BCUT2D eigenvalue weighted by Crippen LogP contribution is 2.26. The van der Waals surface area contributed by atoms with Crippen LogP contribution in [-0.2, 0) is 11.2 Å². The Morgan fingerprint density at radius 2 is 2.00 bits per heavy atom. The van der Waals surface area contributed by atoms with Gasteiger partial charge in [0.2, 0.25) is 5.91 Å². The van der Waals surface area contributed by atoms with E-state index in [4.69, 9.17) is 5.73 Å². The summed E-state index contributed by atoms with van der Waals surface area (Å²) in [5.41, 5.74) is 7.82. The SMILES string of the molecule is CCc1ccc([C@@H](N[C@H](C)C(N)=O)c2cccs2)cc1. The second-order valence-corrected chi connectivity index (χ2v) is 5.81. The van der Waals surface area contributed by atoms with Gasteiger partial charge in [-0.15, -0.1) is 11.3 Å². The molecular formula is C16H20N2OS. The number of amides is 1. The van der Waals surface area contributed by atoms with Crippen LogP contribution in [0.5, 0.6) is 0 Å². The molecule has 1 aromatic carbocycles. The quantitative estimate of drug-likeness (QED) is 0.858. The summed E-state index contributed by atoms with van der Waals surface area (Å²) in [5.74, 6) is -0.336. The minimum atomic E-state index is -0.368. The van der Waals surface area contributed by atoms with Gasteiger partial charge in [-0.25, -0.2) is 0 Å². The van der Waals surface area contributed by atoms with Crippen LogP contribution < -0.4 is 11.1 Å². The number of hydrogen-bond donors (Lipinski definition) is 2. The molecule has 2 atom stereocenters. The summed E-state index contributed by atoms with van der Waals surface area (Å²) >= 11 is 1.67. The lowest BCUT2D eigenvalue weighted by molar-refractivity contribution is -0.119. The molecule has 1 aromatic heterocycles. The summed E-state index contributed by atoms with van der Waals surface area (Å²) < 4.78 is 0. The number of rotatable bonds is 6. The van der Waals surface area contributed by atoms with Crippen molar-refractivity contribution in [1.82, 2.24) is 5.32 Å². The van der Waals surface area contributed by atoms with Crippen molar-refractivity contribution < 1.29 is 4.79 Å². The predicted octanol–water partition coefficient (Wildman–Crippen LogP) is 2.86. The molecule has 3 N–H and O–H groups in total. The van der Waals surface area contributed by atoms with Crippen LogP contribution in [0.15, 0.2) is 41.8 Å². The van der Waals surface area contributed by atoms with Crippen LogP contribution in [0.2, 0.25) is 0 Å². The number of nitrogens with one attached hydrogen (secondary N) is 1. The van der Waals surface area contributed by atoms with E-state index in [0.29, 0.717) is 0 Å². The van der Waals surface area contributed by atoms with E-state index in [1.54, 1.807) is 18.3 Å². The van der Waals surface area contributed by atoms with Gasteiger partial charge >= 0.3 is 0 Å². The summed E-state index contributed by atoms with van der Waals surface area (Å²) in [6, 6.07) is 12.2. The Bertz CT molecular complexity index is 548. The zero-order valence-corrected chi connectivity index (χ0v) is 12.6. The Hall–Kier alpha value is -1.65. The molecule has 20 heavy (non-hydrogen) atoms. The maximum Gasteiger partial charge on any atom is 0.234 e. The number of carbonyl (C=O) groups excluding carboxylic acids is 1. The van der Waals surface area contributed by atoms with Crippen molar-refractivity contribution in [2.75, 3.05) is 0 Å². The summed E-state index contributed by atoms with van der Waals surface area (Å²) in [7, 11) is 0. The van der Waals surface area contributed by atoms with Crippen molar-refractivity contribution in [3.05, 3.63) is 57.8 Å². The van der Waals surface area contributed by atoms with Crippen molar-refractivity contribution in [2.45, 2.75) is 32.4 Å². The highest BCUT2D eigenvalue weighted by atomic mass is 32.1. The monoisotopic (exact) mass is 288 g/mol. The maximum absolute atomic E-state index is 11.3. The number of thiophene rings is 1. The molecule has 0 bridgehead atoms. The van der Waals surface area contributed by atoms with Crippen LogP contribution in [0.25, 0.3) is 0 Å². The summed E-state index contributed by atoms with van der Waals surface area (Å²) in [4.78, 5) is 12.5. The first-order chi connectivity index (χ1) is 9.61. The lowest BCUT2D eigenvalue weighted by atomic mass is 10.0. The molecule has 0 saturated carbocycles. The molecule has 106 valence electrons. The highest BCUT2D eigenvalue weighted by Gasteiger charge is 2.19. The molecule has 0 saturated heterocycles. The number of nitrogens with two attached hydrogens (primary N) is 1. The first kappa shape index (κ1) is 14.8. The highest BCUT2D eigenvalue weighted by molar-refractivity contribution is 7.10. The molecule has 1 amide bonds. The average molecular weight is 288 g/mol. The van der Waals surface area contributed by atoms with E-state index in [2.05, 4.69) is 42.6 Å². The Morgan fingerprint density at radius 3 is 2.50 bits per heavy atom. The van der Waals surface area contributed by atoms with Gasteiger partial charge in [-0.05, 0) is 35.9 Å². The second kappa shape index (κ2) is 6.68. The Kier molecular flexibility index (Phi) is 4.93. The van der Waals surface area contributed by atoms with E-state index < -0.39 is 0 Å². The van der Waals surface area contributed by atoms with Crippen LogP contribution in [0.4, 0.5) is 0 Å². The van der Waals surface area contributed by atoms with Crippen LogP contribution >= 0.6 is 11.3 Å². The number of benzene rings is 1. The van der Waals surface area contributed by atoms with E-state index >= 15 is 0 Å². The predicted molar refractivity (Wildman–Crippen MR) is 83.8 cm³/mol.